The van der Waals surface area contributed by atoms with Crippen LogP contribution in [-0.4, -0.2) is 52.8 Å². The van der Waals surface area contributed by atoms with Gasteiger partial charge >= 0.3 is 11.4 Å². The number of nitrogen functional groups attached to an aromatic ring is 1. The molecule has 8 atom stereocenters. The minimum absolute atomic E-state index is 0.000458. The predicted molar refractivity (Wildman–Crippen MR) is 161 cm³/mol. The number of H-pyrrole nitrogens is 1. The molecule has 4 rings (SSSR count). The van der Waals surface area contributed by atoms with Crippen molar-refractivity contribution in [2.45, 2.75) is 88.8 Å². The Morgan fingerprint density at radius 3 is 1.73 bits per heavy atom. The summed E-state index contributed by atoms with van der Waals surface area (Å²) in [5.74, 6) is 0.855. The second-order valence-corrected chi connectivity index (χ2v) is 11.2. The quantitative estimate of drug-likeness (QED) is 0.436. The van der Waals surface area contributed by atoms with Gasteiger partial charge in [-0.15, -0.1) is 46.4 Å². The van der Waals surface area contributed by atoms with Crippen molar-refractivity contribution in [2.75, 3.05) is 17.5 Å². The lowest BCUT2D eigenvalue weighted by atomic mass is 9.88. The third-order valence-corrected chi connectivity index (χ3v) is 9.86. The van der Waals surface area contributed by atoms with Crippen molar-refractivity contribution in [2.24, 2.45) is 11.8 Å². The maximum atomic E-state index is 11.9. The van der Waals surface area contributed by atoms with E-state index in [1.54, 1.807) is 12.3 Å². The number of anilines is 1. The highest BCUT2D eigenvalue weighted by molar-refractivity contribution is 6.22. The fraction of sp³-hybridized carbons (Fsp3) is 0.692. The van der Waals surface area contributed by atoms with Gasteiger partial charge in [0.2, 0.25) is 0 Å². The number of aromatic amines is 1. The average molecular weight is 643 g/mol. The second-order valence-electron chi connectivity index (χ2n) is 9.65. The van der Waals surface area contributed by atoms with Gasteiger partial charge in [-0.2, -0.15) is 4.98 Å². The number of rotatable bonds is 6. The van der Waals surface area contributed by atoms with Gasteiger partial charge in [-0.05, 0) is 18.9 Å². The van der Waals surface area contributed by atoms with E-state index in [9.17, 15) is 14.4 Å². The number of hydrogen-bond donors (Lipinski definition) is 2. The van der Waals surface area contributed by atoms with E-state index in [1.165, 1.54) is 21.4 Å². The van der Waals surface area contributed by atoms with E-state index in [0.717, 1.165) is 6.42 Å². The standard InChI is InChI=1S/C12H17Cl2N3O2.C12H16Cl2N2O3.C2H6/c1-3-12(6-13)7(2)9(14)10(19-12)17-5-4-8(15)16-11(17)18;1-3-12(6-13)7(2)9(14)10(19-12)16-5-4-8(17)15-11(16)18;1-2/h4-5,7,9-10H,3,6H2,1-2H3,(H2,15,16,18);4-5,7,9-10H,3,6H2,1-2H3,(H,15,17,18);1-2H3/t2*7-,9+,10+,12-;/m00./s1. The summed E-state index contributed by atoms with van der Waals surface area (Å²) < 4.78 is 14.6. The van der Waals surface area contributed by atoms with Gasteiger partial charge in [0.15, 0.2) is 12.5 Å². The van der Waals surface area contributed by atoms with Crippen molar-refractivity contribution in [3.8, 4) is 0 Å². The Balaban J connectivity index is 0.000000264. The van der Waals surface area contributed by atoms with Crippen molar-refractivity contribution in [3.63, 3.8) is 0 Å². The van der Waals surface area contributed by atoms with Crippen LogP contribution in [0.3, 0.4) is 0 Å². The van der Waals surface area contributed by atoms with Crippen LogP contribution in [0.2, 0.25) is 0 Å². The Labute approximate surface area is 254 Å². The van der Waals surface area contributed by atoms with Gasteiger partial charge in [0, 0.05) is 30.3 Å². The van der Waals surface area contributed by atoms with E-state index >= 15 is 0 Å². The maximum absolute atomic E-state index is 11.9. The molecule has 2 aromatic rings. The molecule has 2 saturated heterocycles. The zero-order chi connectivity index (χ0) is 30.4. The first kappa shape index (κ1) is 34.6. The van der Waals surface area contributed by atoms with Crippen molar-refractivity contribution in [3.05, 3.63) is 55.8 Å². The van der Waals surface area contributed by atoms with E-state index in [1.807, 2.05) is 41.5 Å². The van der Waals surface area contributed by atoms with Gasteiger partial charge in [0.25, 0.3) is 5.56 Å². The third kappa shape index (κ3) is 6.73. The van der Waals surface area contributed by atoms with Crippen LogP contribution in [0.25, 0.3) is 0 Å². The van der Waals surface area contributed by atoms with Crippen LogP contribution in [0.15, 0.2) is 38.9 Å². The van der Waals surface area contributed by atoms with E-state index < -0.39 is 40.6 Å². The molecule has 2 aliphatic heterocycles. The second kappa shape index (κ2) is 14.6. The maximum Gasteiger partial charge on any atom is 0.351 e. The summed E-state index contributed by atoms with van der Waals surface area (Å²) in [4.78, 5) is 40.6. The highest BCUT2D eigenvalue weighted by atomic mass is 35.5. The van der Waals surface area contributed by atoms with Gasteiger partial charge in [0.05, 0.1) is 33.7 Å². The van der Waals surface area contributed by atoms with Crippen LogP contribution in [0.4, 0.5) is 5.82 Å². The van der Waals surface area contributed by atoms with Crippen LogP contribution < -0.4 is 22.7 Å². The van der Waals surface area contributed by atoms with Gasteiger partial charge in [0.1, 0.15) is 5.82 Å². The van der Waals surface area contributed by atoms with Crippen LogP contribution >= 0.6 is 46.4 Å². The molecule has 0 spiro atoms. The van der Waals surface area contributed by atoms with Crippen molar-refractivity contribution in [1.29, 1.82) is 0 Å². The first-order chi connectivity index (χ1) is 18.9. The Bertz CT molecular complexity index is 1280. The minimum atomic E-state index is -0.625. The van der Waals surface area contributed by atoms with Gasteiger partial charge < -0.3 is 15.2 Å². The molecule has 3 N–H and O–H groups in total. The molecule has 14 heteroatoms. The molecule has 2 fully saturated rings. The summed E-state index contributed by atoms with van der Waals surface area (Å²) in [6, 6.07) is 2.82. The highest BCUT2D eigenvalue weighted by Gasteiger charge is 2.52. The van der Waals surface area contributed by atoms with E-state index in [2.05, 4.69) is 9.97 Å². The smallest absolute Gasteiger partial charge is 0.351 e. The highest BCUT2D eigenvalue weighted by Crippen LogP contribution is 2.47. The first-order valence-corrected chi connectivity index (χ1v) is 15.3. The predicted octanol–water partition coefficient (Wildman–Crippen LogP) is 4.71. The minimum Gasteiger partial charge on any atom is -0.383 e. The third-order valence-electron chi connectivity index (χ3n) is 7.77. The average Bonchev–Trinajstić information content (AvgIpc) is 3.35. The molecule has 0 unspecified atom stereocenters. The number of hydrogen-bond acceptors (Lipinski definition) is 7. The molecule has 226 valence electrons. The molecule has 0 aromatic carbocycles. The molecule has 0 amide bonds. The summed E-state index contributed by atoms with van der Waals surface area (Å²) in [6.45, 7) is 11.9. The Morgan fingerprint density at radius 2 is 1.35 bits per heavy atom. The molecular formula is C26H39Cl4N5O5. The molecule has 0 saturated carbocycles. The summed E-state index contributed by atoms with van der Waals surface area (Å²) in [6.07, 6.45) is 3.19. The first-order valence-electron chi connectivity index (χ1n) is 13.3. The van der Waals surface area contributed by atoms with Gasteiger partial charge in [-0.25, -0.2) is 9.59 Å². The lowest BCUT2D eigenvalue weighted by Gasteiger charge is -2.29. The van der Waals surface area contributed by atoms with Crippen molar-refractivity contribution in [1.82, 2.24) is 19.1 Å². The SMILES string of the molecule is CC.CC[C@@]1(CCl)O[C@@H](n2ccc(=O)[nH]c2=O)[C@H](Cl)[C@@H]1C.CC[C@@]1(CCl)O[C@@H](n2ccc(N)nc2=O)[C@H](Cl)[C@@H]1C. The monoisotopic (exact) mass is 641 g/mol. The number of nitrogens with one attached hydrogen (secondary N) is 1. The van der Waals surface area contributed by atoms with Crippen LogP contribution in [0, 0.1) is 11.8 Å². The number of nitrogens with two attached hydrogens (primary N) is 1. The number of ether oxygens (including phenoxy) is 2. The molecule has 0 aliphatic carbocycles. The fourth-order valence-corrected chi connectivity index (χ4v) is 6.67. The fourth-order valence-electron chi connectivity index (χ4n) is 4.87. The number of halogens is 4. The van der Waals surface area contributed by atoms with Gasteiger partial charge in [-0.1, -0.05) is 41.5 Å². The largest absolute Gasteiger partial charge is 0.383 e. The van der Waals surface area contributed by atoms with Crippen LogP contribution in [0.1, 0.15) is 66.8 Å². The van der Waals surface area contributed by atoms with Crippen LogP contribution in [-0.2, 0) is 9.47 Å². The molecule has 4 heterocycles. The topological polar surface area (TPSA) is 134 Å². The Kier molecular flexibility index (Phi) is 12.6. The molecule has 2 aliphatic rings. The normalized spacial score (nSPS) is 33.0. The number of nitrogens with zero attached hydrogens (tertiary/aromatic N) is 3. The van der Waals surface area contributed by atoms with E-state index in [-0.39, 0.29) is 28.4 Å². The van der Waals surface area contributed by atoms with Crippen molar-refractivity contribution >= 4 is 52.2 Å². The Morgan fingerprint density at radius 1 is 0.900 bits per heavy atom. The number of alkyl halides is 4. The van der Waals surface area contributed by atoms with E-state index in [4.69, 9.17) is 61.6 Å². The zero-order valence-corrected chi connectivity index (χ0v) is 26.6. The van der Waals surface area contributed by atoms with Crippen molar-refractivity contribution < 1.29 is 9.47 Å². The zero-order valence-electron chi connectivity index (χ0n) is 23.6. The van der Waals surface area contributed by atoms with Gasteiger partial charge in [-0.3, -0.25) is 18.9 Å². The summed E-state index contributed by atoms with van der Waals surface area (Å²) in [7, 11) is 0. The van der Waals surface area contributed by atoms with Crippen LogP contribution in [0.5, 0.6) is 0 Å². The summed E-state index contributed by atoms with van der Waals surface area (Å²) in [5.41, 5.74) is 2.97. The lowest BCUT2D eigenvalue weighted by molar-refractivity contribution is -0.0725. The molecular weight excluding hydrogens is 604 g/mol. The molecule has 0 radical (unpaired) electrons. The lowest BCUT2D eigenvalue weighted by Crippen LogP contribution is -2.37. The molecule has 2 aromatic heterocycles. The molecule has 10 nitrogen and oxygen atoms in total. The molecule has 0 bridgehead atoms. The molecule has 40 heavy (non-hydrogen) atoms. The Hall–Kier alpha value is -1.56. The number of aromatic nitrogens is 4. The summed E-state index contributed by atoms with van der Waals surface area (Å²) in [5, 5.41) is -0.732. The summed E-state index contributed by atoms with van der Waals surface area (Å²) >= 11 is 24.8. The van der Waals surface area contributed by atoms with E-state index in [0.29, 0.717) is 18.2 Å².